The Kier molecular flexibility index (Phi) is 4.66. The van der Waals surface area contributed by atoms with Crippen molar-refractivity contribution < 1.29 is 22.0 Å². The zero-order valence-electron chi connectivity index (χ0n) is 17.5. The highest BCUT2D eigenvalue weighted by molar-refractivity contribution is 7.89. The van der Waals surface area contributed by atoms with Crippen LogP contribution in [0.3, 0.4) is 0 Å². The number of carbonyl (C=O) groups is 1. The smallest absolute Gasteiger partial charge is 0.291 e. The molecule has 1 fully saturated rings. The Morgan fingerprint density at radius 1 is 1.31 bits per heavy atom. The van der Waals surface area contributed by atoms with Gasteiger partial charge in [0.15, 0.2) is 15.8 Å². The fraction of sp³-hybridized carbons (Fsp3) is 0.474. The number of pyridine rings is 1. The second-order valence-corrected chi connectivity index (χ2v) is 11.3. The Hall–Kier alpha value is -2.51. The van der Waals surface area contributed by atoms with Crippen molar-refractivity contribution in [2.24, 2.45) is 5.92 Å². The summed E-state index contributed by atoms with van der Waals surface area (Å²) in [5, 5.41) is 7.08. The van der Waals surface area contributed by atoms with Crippen LogP contribution in [0, 0.1) is 5.92 Å². The number of imidazole rings is 1. The molecule has 0 radical (unpaired) electrons. The number of nitrogens with one attached hydrogen (secondary N) is 1. The molecule has 1 unspecified atom stereocenters. The van der Waals surface area contributed by atoms with E-state index >= 15 is 0 Å². The lowest BCUT2D eigenvalue weighted by atomic mass is 10.1. The van der Waals surface area contributed by atoms with E-state index in [2.05, 4.69) is 19.9 Å². The second kappa shape index (κ2) is 6.99. The van der Waals surface area contributed by atoms with Crippen molar-refractivity contribution in [2.75, 3.05) is 11.9 Å². The molecule has 1 amide bonds. The topological polar surface area (TPSA) is 110 Å². The van der Waals surface area contributed by atoms with Gasteiger partial charge in [-0.15, -0.1) is 10.2 Å². The third-order valence-corrected chi connectivity index (χ3v) is 8.42. The first-order valence-electron chi connectivity index (χ1n) is 9.97. The first-order chi connectivity index (χ1) is 15.0. The van der Waals surface area contributed by atoms with Crippen molar-refractivity contribution in [1.82, 2.24) is 24.3 Å². The number of hydrogen-bond acceptors (Lipinski definition) is 7. The van der Waals surface area contributed by atoms with Crippen LogP contribution in [0.1, 0.15) is 43.8 Å². The molecule has 1 N–H and O–H groups in total. The van der Waals surface area contributed by atoms with Crippen molar-refractivity contribution in [3.05, 3.63) is 23.0 Å². The molecular weight excluding hydrogens is 462 g/mol. The molecule has 0 saturated heterocycles. The van der Waals surface area contributed by atoms with E-state index in [0.29, 0.717) is 34.7 Å². The normalized spacial score (nSPS) is 20.2. The quantitative estimate of drug-likeness (QED) is 0.599. The number of rotatable bonds is 5. The van der Waals surface area contributed by atoms with E-state index in [1.165, 1.54) is 21.6 Å². The van der Waals surface area contributed by atoms with Crippen LogP contribution < -0.4 is 9.62 Å². The summed E-state index contributed by atoms with van der Waals surface area (Å²) in [5.41, 5.74) is 1.01. The Morgan fingerprint density at radius 2 is 2.03 bits per heavy atom. The molecule has 5 rings (SSSR count). The van der Waals surface area contributed by atoms with E-state index in [4.69, 9.17) is 0 Å². The molecule has 0 aromatic carbocycles. The summed E-state index contributed by atoms with van der Waals surface area (Å²) in [6, 6.07) is 1.46. The fourth-order valence-corrected chi connectivity index (χ4v) is 6.02. The molecule has 1 aliphatic heterocycles. The van der Waals surface area contributed by atoms with Crippen molar-refractivity contribution in [1.29, 1.82) is 0 Å². The summed E-state index contributed by atoms with van der Waals surface area (Å²) in [4.78, 5) is 18.8. The van der Waals surface area contributed by atoms with Crippen LogP contribution >= 0.6 is 11.3 Å². The van der Waals surface area contributed by atoms with Crippen molar-refractivity contribution >= 4 is 38.5 Å². The molecule has 170 valence electrons. The third kappa shape index (κ3) is 3.39. The van der Waals surface area contributed by atoms with E-state index in [1.807, 2.05) is 6.92 Å². The van der Waals surface area contributed by atoms with Gasteiger partial charge in [0.1, 0.15) is 4.90 Å². The summed E-state index contributed by atoms with van der Waals surface area (Å²) in [6.07, 6.45) is 0.418. The van der Waals surface area contributed by atoms with Crippen LogP contribution in [-0.4, -0.2) is 46.5 Å². The van der Waals surface area contributed by atoms with Crippen LogP contribution in [0.4, 0.5) is 14.5 Å². The molecule has 4 heterocycles. The Morgan fingerprint density at radius 3 is 2.66 bits per heavy atom. The van der Waals surface area contributed by atoms with Crippen LogP contribution in [0.2, 0.25) is 0 Å². The fourth-order valence-electron chi connectivity index (χ4n) is 3.85. The first kappa shape index (κ1) is 21.3. The van der Waals surface area contributed by atoms with Crippen LogP contribution in [-0.2, 0) is 21.2 Å². The molecule has 9 nitrogen and oxygen atoms in total. The Balaban J connectivity index is 1.76. The summed E-state index contributed by atoms with van der Waals surface area (Å²) in [7, 11) is -2.32. The minimum atomic E-state index is -3.91. The number of amides is 1. The van der Waals surface area contributed by atoms with Crippen molar-refractivity contribution in [2.45, 2.75) is 50.0 Å². The van der Waals surface area contributed by atoms with Gasteiger partial charge >= 0.3 is 0 Å². The van der Waals surface area contributed by atoms with Gasteiger partial charge in [0.05, 0.1) is 16.9 Å². The van der Waals surface area contributed by atoms with E-state index in [9.17, 15) is 22.0 Å². The maximum absolute atomic E-state index is 13.1. The lowest BCUT2D eigenvalue weighted by Gasteiger charge is -2.21. The van der Waals surface area contributed by atoms with Gasteiger partial charge in [-0.2, -0.15) is 0 Å². The van der Waals surface area contributed by atoms with Crippen molar-refractivity contribution in [3.63, 3.8) is 0 Å². The minimum absolute atomic E-state index is 0.0499. The SMILES string of the molecule is CC1Cc2nc(-c3nnc(C(F)F)s3)n3cc(S(=O)(=O)NC4(C)CC4)cc(c23)N(C)C1=O. The molecule has 32 heavy (non-hydrogen) atoms. The molecule has 3 aromatic heterocycles. The summed E-state index contributed by atoms with van der Waals surface area (Å²) in [6.45, 7) is 3.59. The zero-order valence-corrected chi connectivity index (χ0v) is 19.1. The molecule has 1 atom stereocenters. The van der Waals surface area contributed by atoms with Gasteiger partial charge in [-0.3, -0.25) is 9.20 Å². The number of sulfonamides is 1. The zero-order chi connectivity index (χ0) is 23.0. The number of nitrogens with zero attached hydrogens (tertiary/aromatic N) is 5. The number of hydrogen-bond donors (Lipinski definition) is 1. The van der Waals surface area contributed by atoms with Gasteiger partial charge in [-0.1, -0.05) is 18.3 Å². The van der Waals surface area contributed by atoms with Gasteiger partial charge < -0.3 is 4.90 Å². The predicted octanol–water partition coefficient (Wildman–Crippen LogP) is 2.78. The standard InChI is InChI=1S/C19H20F2N6O3S2/c1-9-6-11-13-12(26(3)18(9)28)7-10(32(29,30)25-19(2)4-5-19)8-27(13)15(22-11)17-24-23-16(31-17)14(20)21/h7-9,14,25H,4-6H2,1-3H3. The predicted molar refractivity (Wildman–Crippen MR) is 113 cm³/mol. The van der Waals surface area contributed by atoms with Gasteiger partial charge in [0.2, 0.25) is 15.9 Å². The molecule has 3 aromatic rings. The molecule has 1 aliphatic carbocycles. The van der Waals surface area contributed by atoms with E-state index in [0.717, 1.165) is 12.8 Å². The molecule has 0 bridgehead atoms. The van der Waals surface area contributed by atoms with Crippen LogP contribution in [0.5, 0.6) is 0 Å². The van der Waals surface area contributed by atoms with Gasteiger partial charge in [0, 0.05) is 31.1 Å². The monoisotopic (exact) mass is 482 g/mol. The molecule has 13 heteroatoms. The highest BCUT2D eigenvalue weighted by Crippen LogP contribution is 2.39. The van der Waals surface area contributed by atoms with Gasteiger partial charge in [0.25, 0.3) is 6.43 Å². The average molecular weight is 483 g/mol. The lowest BCUT2D eigenvalue weighted by molar-refractivity contribution is -0.121. The van der Waals surface area contributed by atoms with E-state index < -0.39 is 32.9 Å². The van der Waals surface area contributed by atoms with Crippen molar-refractivity contribution in [3.8, 4) is 10.8 Å². The third-order valence-electron chi connectivity index (χ3n) is 5.88. The maximum Gasteiger partial charge on any atom is 0.291 e. The van der Waals surface area contributed by atoms with Gasteiger partial charge in [-0.25, -0.2) is 26.9 Å². The highest BCUT2D eigenvalue weighted by Gasteiger charge is 2.42. The Labute approximate surface area is 186 Å². The number of halogens is 2. The maximum atomic E-state index is 13.1. The minimum Gasteiger partial charge on any atom is -0.313 e. The summed E-state index contributed by atoms with van der Waals surface area (Å²) in [5.74, 6) is -0.349. The Bertz CT molecular complexity index is 1360. The lowest BCUT2D eigenvalue weighted by Crippen LogP contribution is -2.35. The number of alkyl halides is 2. The average Bonchev–Trinajstić information content (AvgIpc) is 3.15. The molecule has 1 saturated carbocycles. The summed E-state index contributed by atoms with van der Waals surface area (Å²) < 4.78 is 56.7. The first-order valence-corrected chi connectivity index (χ1v) is 12.3. The number of carbonyl (C=O) groups excluding carboxylic acids is 1. The molecule has 2 aliphatic rings. The van der Waals surface area contributed by atoms with Crippen LogP contribution in [0.25, 0.3) is 16.3 Å². The second-order valence-electron chi connectivity index (χ2n) is 8.58. The molecular formula is C19H20F2N6O3S2. The van der Waals surface area contributed by atoms with Crippen LogP contribution in [0.15, 0.2) is 17.2 Å². The summed E-state index contributed by atoms with van der Waals surface area (Å²) >= 11 is 0.699. The highest BCUT2D eigenvalue weighted by atomic mass is 32.2. The van der Waals surface area contributed by atoms with E-state index in [1.54, 1.807) is 14.0 Å². The number of aromatic nitrogens is 4. The van der Waals surface area contributed by atoms with Gasteiger partial charge in [-0.05, 0) is 25.8 Å². The number of anilines is 1. The largest absolute Gasteiger partial charge is 0.313 e. The van der Waals surface area contributed by atoms with E-state index in [-0.39, 0.29) is 21.6 Å². The molecule has 0 spiro atoms.